The maximum Gasteiger partial charge on any atom is 0.239 e. The molecule has 0 aromatic heterocycles. The zero-order valence-corrected chi connectivity index (χ0v) is 10.8. The molecule has 4 nitrogen and oxygen atoms in total. The van der Waals surface area contributed by atoms with Crippen molar-refractivity contribution in [1.29, 1.82) is 0 Å². The summed E-state index contributed by atoms with van der Waals surface area (Å²) in [4.78, 5) is 14.0. The van der Waals surface area contributed by atoms with E-state index in [2.05, 4.69) is 5.32 Å². The largest absolute Gasteiger partial charge is 0.379 e. The SMILES string of the molecule is CCNC1CCCN(CCOCC2CC2)C1=O. The van der Waals surface area contributed by atoms with Gasteiger partial charge < -0.3 is 15.0 Å². The quantitative estimate of drug-likeness (QED) is 0.675. The van der Waals surface area contributed by atoms with Gasteiger partial charge in [0.2, 0.25) is 5.91 Å². The van der Waals surface area contributed by atoms with Crippen LogP contribution in [0.15, 0.2) is 0 Å². The van der Waals surface area contributed by atoms with E-state index in [0.717, 1.165) is 45.0 Å². The van der Waals surface area contributed by atoms with Crippen LogP contribution in [0.5, 0.6) is 0 Å². The van der Waals surface area contributed by atoms with Crippen molar-refractivity contribution in [2.45, 2.75) is 38.6 Å². The Morgan fingerprint density at radius 1 is 1.41 bits per heavy atom. The van der Waals surface area contributed by atoms with Crippen LogP contribution in [-0.4, -0.2) is 49.7 Å². The summed E-state index contributed by atoms with van der Waals surface area (Å²) in [5.74, 6) is 1.06. The number of likely N-dealkylation sites (N-methyl/N-ethyl adjacent to an activating group) is 1. The standard InChI is InChI=1S/C13H24N2O2/c1-2-14-12-4-3-7-15(13(12)16)8-9-17-10-11-5-6-11/h11-12,14H,2-10H2,1H3. The second kappa shape index (κ2) is 6.36. The fraction of sp³-hybridized carbons (Fsp3) is 0.923. The molecule has 2 rings (SSSR count). The molecule has 2 fully saturated rings. The first-order valence-electron chi connectivity index (χ1n) is 6.91. The topological polar surface area (TPSA) is 41.6 Å². The number of rotatable bonds is 7. The molecule has 0 aromatic carbocycles. The molecule has 17 heavy (non-hydrogen) atoms. The fourth-order valence-electron chi connectivity index (χ4n) is 2.31. The molecule has 1 unspecified atom stereocenters. The van der Waals surface area contributed by atoms with Crippen LogP contribution in [-0.2, 0) is 9.53 Å². The monoisotopic (exact) mass is 240 g/mol. The molecule has 0 bridgehead atoms. The highest BCUT2D eigenvalue weighted by molar-refractivity contribution is 5.82. The predicted octanol–water partition coefficient (Wildman–Crippen LogP) is 1.01. The van der Waals surface area contributed by atoms with Crippen molar-refractivity contribution in [3.05, 3.63) is 0 Å². The van der Waals surface area contributed by atoms with Gasteiger partial charge in [-0.05, 0) is 38.1 Å². The van der Waals surface area contributed by atoms with Crippen molar-refractivity contribution >= 4 is 5.91 Å². The van der Waals surface area contributed by atoms with Crippen LogP contribution in [0.25, 0.3) is 0 Å². The first kappa shape index (κ1) is 12.8. The van der Waals surface area contributed by atoms with Gasteiger partial charge in [-0.15, -0.1) is 0 Å². The van der Waals surface area contributed by atoms with Crippen molar-refractivity contribution in [1.82, 2.24) is 10.2 Å². The molecular weight excluding hydrogens is 216 g/mol. The minimum absolute atomic E-state index is 0.0391. The van der Waals surface area contributed by atoms with Gasteiger partial charge in [-0.25, -0.2) is 0 Å². The first-order valence-corrected chi connectivity index (χ1v) is 6.91. The number of hydrogen-bond donors (Lipinski definition) is 1. The molecule has 1 heterocycles. The molecule has 1 saturated heterocycles. The number of likely N-dealkylation sites (tertiary alicyclic amines) is 1. The fourth-order valence-corrected chi connectivity index (χ4v) is 2.31. The third kappa shape index (κ3) is 3.96. The number of piperidine rings is 1. The Kier molecular flexibility index (Phi) is 4.80. The van der Waals surface area contributed by atoms with Crippen LogP contribution in [0.2, 0.25) is 0 Å². The van der Waals surface area contributed by atoms with Crippen LogP contribution in [0.3, 0.4) is 0 Å². The van der Waals surface area contributed by atoms with E-state index in [1.54, 1.807) is 0 Å². The minimum atomic E-state index is 0.0391. The maximum absolute atomic E-state index is 12.1. The second-order valence-corrected chi connectivity index (χ2v) is 5.10. The number of carbonyl (C=O) groups is 1. The van der Waals surface area contributed by atoms with Gasteiger partial charge in [0.15, 0.2) is 0 Å². The molecule has 0 aromatic rings. The molecule has 1 saturated carbocycles. The van der Waals surface area contributed by atoms with E-state index in [0.29, 0.717) is 6.61 Å². The smallest absolute Gasteiger partial charge is 0.239 e. The molecule has 0 spiro atoms. The Hall–Kier alpha value is -0.610. The highest BCUT2D eigenvalue weighted by Gasteiger charge is 2.27. The number of amides is 1. The highest BCUT2D eigenvalue weighted by atomic mass is 16.5. The lowest BCUT2D eigenvalue weighted by Crippen LogP contribution is -2.51. The van der Waals surface area contributed by atoms with Crippen molar-refractivity contribution in [3.63, 3.8) is 0 Å². The average Bonchev–Trinajstić information content (AvgIpc) is 3.13. The number of hydrogen-bond acceptors (Lipinski definition) is 3. The molecule has 1 aliphatic heterocycles. The summed E-state index contributed by atoms with van der Waals surface area (Å²) >= 11 is 0. The summed E-state index contributed by atoms with van der Waals surface area (Å²) in [6, 6.07) is 0.0391. The number of carbonyl (C=O) groups excluding carboxylic acids is 1. The molecule has 4 heteroatoms. The van der Waals surface area contributed by atoms with Crippen molar-refractivity contribution in [2.24, 2.45) is 5.92 Å². The summed E-state index contributed by atoms with van der Waals surface area (Å²) in [5, 5.41) is 3.25. The molecular formula is C13H24N2O2. The molecule has 1 aliphatic carbocycles. The Bertz CT molecular complexity index is 252. The van der Waals surface area contributed by atoms with E-state index in [1.807, 2.05) is 11.8 Å². The Morgan fingerprint density at radius 2 is 2.24 bits per heavy atom. The normalized spacial score (nSPS) is 25.4. The Morgan fingerprint density at radius 3 is 2.94 bits per heavy atom. The maximum atomic E-state index is 12.1. The van der Waals surface area contributed by atoms with Crippen LogP contribution < -0.4 is 5.32 Å². The van der Waals surface area contributed by atoms with Gasteiger partial charge in [-0.1, -0.05) is 6.92 Å². The van der Waals surface area contributed by atoms with E-state index in [9.17, 15) is 4.79 Å². The van der Waals surface area contributed by atoms with Crippen LogP contribution >= 0.6 is 0 Å². The van der Waals surface area contributed by atoms with Gasteiger partial charge in [0.1, 0.15) is 0 Å². The van der Waals surface area contributed by atoms with E-state index >= 15 is 0 Å². The van der Waals surface area contributed by atoms with Gasteiger partial charge >= 0.3 is 0 Å². The highest BCUT2D eigenvalue weighted by Crippen LogP contribution is 2.28. The van der Waals surface area contributed by atoms with Gasteiger partial charge in [0.05, 0.1) is 12.6 Å². The zero-order valence-electron chi connectivity index (χ0n) is 10.8. The van der Waals surface area contributed by atoms with Crippen LogP contribution in [0.1, 0.15) is 32.6 Å². The molecule has 1 atom stereocenters. The summed E-state index contributed by atoms with van der Waals surface area (Å²) < 4.78 is 5.59. The van der Waals surface area contributed by atoms with Gasteiger partial charge in [0.25, 0.3) is 0 Å². The van der Waals surface area contributed by atoms with Gasteiger partial charge in [-0.3, -0.25) is 4.79 Å². The number of nitrogens with zero attached hydrogens (tertiary/aromatic N) is 1. The number of ether oxygens (including phenoxy) is 1. The van der Waals surface area contributed by atoms with E-state index in [-0.39, 0.29) is 11.9 Å². The number of nitrogens with one attached hydrogen (secondary N) is 1. The zero-order chi connectivity index (χ0) is 12.1. The molecule has 98 valence electrons. The van der Waals surface area contributed by atoms with E-state index in [4.69, 9.17) is 4.74 Å². The van der Waals surface area contributed by atoms with Crippen molar-refractivity contribution in [2.75, 3.05) is 32.8 Å². The molecule has 2 aliphatic rings. The third-order valence-electron chi connectivity index (χ3n) is 3.54. The lowest BCUT2D eigenvalue weighted by atomic mass is 10.0. The summed E-state index contributed by atoms with van der Waals surface area (Å²) in [5.41, 5.74) is 0. The summed E-state index contributed by atoms with van der Waals surface area (Å²) in [6.07, 6.45) is 4.73. The Labute approximate surface area is 104 Å². The second-order valence-electron chi connectivity index (χ2n) is 5.10. The Balaban J connectivity index is 1.65. The molecule has 0 radical (unpaired) electrons. The minimum Gasteiger partial charge on any atom is -0.379 e. The van der Waals surface area contributed by atoms with Gasteiger partial charge in [0, 0.05) is 19.7 Å². The summed E-state index contributed by atoms with van der Waals surface area (Å²) in [6.45, 7) is 6.15. The lowest BCUT2D eigenvalue weighted by molar-refractivity contribution is -0.136. The van der Waals surface area contributed by atoms with Crippen LogP contribution in [0, 0.1) is 5.92 Å². The van der Waals surface area contributed by atoms with Gasteiger partial charge in [-0.2, -0.15) is 0 Å². The van der Waals surface area contributed by atoms with Crippen molar-refractivity contribution < 1.29 is 9.53 Å². The molecule has 1 N–H and O–H groups in total. The molecule has 1 amide bonds. The third-order valence-corrected chi connectivity index (χ3v) is 3.54. The lowest BCUT2D eigenvalue weighted by Gasteiger charge is -2.32. The average molecular weight is 240 g/mol. The van der Waals surface area contributed by atoms with E-state index in [1.165, 1.54) is 12.8 Å². The predicted molar refractivity (Wildman–Crippen MR) is 66.8 cm³/mol. The van der Waals surface area contributed by atoms with Crippen molar-refractivity contribution in [3.8, 4) is 0 Å². The van der Waals surface area contributed by atoms with Crippen LogP contribution in [0.4, 0.5) is 0 Å². The van der Waals surface area contributed by atoms with E-state index < -0.39 is 0 Å². The summed E-state index contributed by atoms with van der Waals surface area (Å²) in [7, 11) is 0. The first-order chi connectivity index (χ1) is 8.31.